The Morgan fingerprint density at radius 2 is 0.639 bits per heavy atom. The maximum atomic E-state index is 11.5. The number of anilines is 10. The summed E-state index contributed by atoms with van der Waals surface area (Å²) >= 11 is 0. The Kier molecular flexibility index (Phi) is 13.6. The van der Waals surface area contributed by atoms with E-state index in [1.165, 1.54) is 6.08 Å². The average molecular weight is 808 g/mol. The van der Waals surface area contributed by atoms with Crippen LogP contribution in [0.2, 0.25) is 0 Å². The largest absolute Gasteiger partial charge is 0.477 e. The van der Waals surface area contributed by atoms with Crippen LogP contribution in [0.15, 0.2) is 175 Å². The van der Waals surface area contributed by atoms with Gasteiger partial charge in [-0.05, 0) is 144 Å². The molecule has 0 spiro atoms. The molecule has 0 heterocycles. The fourth-order valence-electron chi connectivity index (χ4n) is 6.89. The molecule has 0 bridgehead atoms. The van der Waals surface area contributed by atoms with Gasteiger partial charge >= 0.3 is 5.97 Å². The number of nitrogens with zero attached hydrogens (tertiary/aromatic N) is 7. The molecule has 0 amide bonds. The van der Waals surface area contributed by atoms with Gasteiger partial charge in [0.15, 0.2) is 0 Å². The van der Waals surface area contributed by atoms with Crippen molar-refractivity contribution in [2.24, 2.45) is 0 Å². The van der Waals surface area contributed by atoms with Crippen LogP contribution in [0.3, 0.4) is 0 Å². The predicted molar refractivity (Wildman–Crippen MR) is 257 cm³/mol. The maximum Gasteiger partial charge on any atom is 0.346 e. The standard InChI is InChI=1S/C52H53N7O2/c1-54(2)41-21-29-47(30-22-41)58(48-31-23-42(24-32-48)55(3)4)45-17-13-38(14-18-45)51(12-10-9-11-40(37-53)52(60)61)39-15-19-46(20-16-39)59(49-33-25-43(26-34-49)56(5)6)50-35-27-44(28-36-50)57(7)8/h9-36H,1-8H3,(H,60,61)/b10-9+,40-11+. The molecule has 0 unspecified atom stereocenters. The molecule has 1 N–H and O–H groups in total. The first-order valence-corrected chi connectivity index (χ1v) is 20.0. The number of allylic oxidation sites excluding steroid dienone is 4. The minimum atomic E-state index is -1.27. The molecule has 9 nitrogen and oxygen atoms in total. The van der Waals surface area contributed by atoms with Crippen LogP contribution in [0.1, 0.15) is 11.1 Å². The number of carbonyl (C=O) groups is 1. The second kappa shape index (κ2) is 19.4. The maximum absolute atomic E-state index is 11.5. The third-order valence-electron chi connectivity index (χ3n) is 10.4. The van der Waals surface area contributed by atoms with Crippen LogP contribution in [-0.2, 0) is 4.79 Å². The van der Waals surface area contributed by atoms with Gasteiger partial charge in [0, 0.05) is 113 Å². The van der Waals surface area contributed by atoms with Crippen molar-refractivity contribution in [3.63, 3.8) is 0 Å². The predicted octanol–water partition coefficient (Wildman–Crippen LogP) is 11.4. The molecule has 0 aliphatic rings. The minimum absolute atomic E-state index is 0.338. The lowest BCUT2D eigenvalue weighted by atomic mass is 9.96. The molecule has 6 aromatic carbocycles. The summed E-state index contributed by atoms with van der Waals surface area (Å²) < 4.78 is 0. The molecule has 6 rings (SSSR count). The lowest BCUT2D eigenvalue weighted by molar-refractivity contribution is -0.132. The Balaban J connectivity index is 1.42. The molecule has 0 aromatic heterocycles. The summed E-state index contributed by atoms with van der Waals surface area (Å²) in [6, 6.07) is 52.7. The van der Waals surface area contributed by atoms with Gasteiger partial charge in [-0.15, -0.1) is 0 Å². The van der Waals surface area contributed by atoms with Crippen LogP contribution in [0.25, 0.3) is 5.57 Å². The third kappa shape index (κ3) is 10.3. The highest BCUT2D eigenvalue weighted by Gasteiger charge is 2.17. The number of carboxylic acid groups (broad SMARTS) is 1. The first kappa shape index (κ1) is 42.9. The van der Waals surface area contributed by atoms with E-state index < -0.39 is 5.97 Å². The molecule has 0 aliphatic carbocycles. The number of hydrogen-bond donors (Lipinski definition) is 1. The molecule has 308 valence electrons. The molecule has 0 aliphatic heterocycles. The van der Waals surface area contributed by atoms with Crippen molar-refractivity contribution in [1.82, 2.24) is 0 Å². The second-order valence-electron chi connectivity index (χ2n) is 15.4. The number of carboxylic acids is 1. The summed E-state index contributed by atoms with van der Waals surface area (Å²) in [6.07, 6.45) is 6.62. The topological polar surface area (TPSA) is 80.5 Å². The van der Waals surface area contributed by atoms with Crippen molar-refractivity contribution in [2.75, 3.05) is 85.8 Å². The van der Waals surface area contributed by atoms with E-state index in [-0.39, 0.29) is 5.57 Å². The summed E-state index contributed by atoms with van der Waals surface area (Å²) in [7, 11) is 16.3. The molecule has 0 saturated carbocycles. The number of hydrogen-bond acceptors (Lipinski definition) is 8. The minimum Gasteiger partial charge on any atom is -0.477 e. The molecule has 9 heteroatoms. The summed E-state index contributed by atoms with van der Waals surface area (Å²) in [6.45, 7) is 0. The first-order valence-electron chi connectivity index (χ1n) is 20.0. The molecule has 6 aromatic rings. The Bertz CT molecular complexity index is 2270. The van der Waals surface area contributed by atoms with Crippen LogP contribution >= 0.6 is 0 Å². The van der Waals surface area contributed by atoms with Crippen molar-refractivity contribution in [2.45, 2.75) is 0 Å². The van der Waals surface area contributed by atoms with E-state index in [1.807, 2.05) is 62.5 Å². The number of aliphatic carboxylic acids is 1. The van der Waals surface area contributed by atoms with Gasteiger partial charge in [0.1, 0.15) is 11.6 Å². The highest BCUT2D eigenvalue weighted by Crippen LogP contribution is 2.39. The summed E-state index contributed by atoms with van der Waals surface area (Å²) in [5.41, 5.74) is 13.1. The summed E-state index contributed by atoms with van der Waals surface area (Å²) in [5, 5.41) is 18.7. The molecule has 0 fully saturated rings. The zero-order valence-electron chi connectivity index (χ0n) is 36.2. The quantitative estimate of drug-likeness (QED) is 0.0620. The fourth-order valence-corrected chi connectivity index (χ4v) is 6.89. The number of nitriles is 1. The first-order chi connectivity index (χ1) is 29.3. The van der Waals surface area contributed by atoms with Gasteiger partial charge in [-0.25, -0.2) is 4.79 Å². The van der Waals surface area contributed by atoms with Crippen molar-refractivity contribution >= 4 is 68.4 Å². The zero-order valence-corrected chi connectivity index (χ0v) is 36.2. The second-order valence-corrected chi connectivity index (χ2v) is 15.4. The van der Waals surface area contributed by atoms with Crippen LogP contribution in [0, 0.1) is 11.3 Å². The van der Waals surface area contributed by atoms with Crippen LogP contribution < -0.4 is 29.4 Å². The van der Waals surface area contributed by atoms with E-state index in [2.05, 4.69) is 175 Å². The normalized spacial score (nSPS) is 11.1. The monoisotopic (exact) mass is 807 g/mol. The van der Waals surface area contributed by atoms with Gasteiger partial charge in [0.05, 0.1) is 0 Å². The third-order valence-corrected chi connectivity index (χ3v) is 10.4. The van der Waals surface area contributed by atoms with Crippen molar-refractivity contribution in [1.29, 1.82) is 5.26 Å². The van der Waals surface area contributed by atoms with E-state index in [4.69, 9.17) is 0 Å². The van der Waals surface area contributed by atoms with E-state index in [0.29, 0.717) is 0 Å². The highest BCUT2D eigenvalue weighted by atomic mass is 16.4. The zero-order chi connectivity index (χ0) is 43.6. The molecule has 0 atom stereocenters. The van der Waals surface area contributed by atoms with E-state index in [0.717, 1.165) is 73.6 Å². The van der Waals surface area contributed by atoms with Gasteiger partial charge in [0.2, 0.25) is 0 Å². The van der Waals surface area contributed by atoms with Crippen LogP contribution in [0.4, 0.5) is 56.9 Å². The molecule has 0 radical (unpaired) electrons. The molecule has 0 saturated heterocycles. The van der Waals surface area contributed by atoms with E-state index in [1.54, 1.807) is 18.2 Å². The van der Waals surface area contributed by atoms with Crippen LogP contribution in [-0.4, -0.2) is 67.5 Å². The number of benzene rings is 6. The SMILES string of the molecule is CN(C)c1ccc(N(c2ccc(C(=C/C=C/C=C(\C#N)C(=O)O)c3ccc(N(c4ccc(N(C)C)cc4)c4ccc(N(C)C)cc4)cc3)cc2)c2ccc(N(C)C)cc2)cc1. The fraction of sp³-hybridized carbons (Fsp3) is 0.154. The Hall–Kier alpha value is -7.70. The van der Waals surface area contributed by atoms with Crippen LogP contribution in [0.5, 0.6) is 0 Å². The molecular weight excluding hydrogens is 755 g/mol. The van der Waals surface area contributed by atoms with E-state index in [9.17, 15) is 15.2 Å². The molecular formula is C52H53N7O2. The Morgan fingerprint density at radius 3 is 0.869 bits per heavy atom. The lowest BCUT2D eigenvalue weighted by Gasteiger charge is -2.27. The lowest BCUT2D eigenvalue weighted by Crippen LogP contribution is -2.13. The summed E-state index contributed by atoms with van der Waals surface area (Å²) in [4.78, 5) is 24.4. The highest BCUT2D eigenvalue weighted by molar-refractivity contribution is 5.91. The van der Waals surface area contributed by atoms with Crippen molar-refractivity contribution in [3.8, 4) is 6.07 Å². The van der Waals surface area contributed by atoms with Gasteiger partial charge in [-0.3, -0.25) is 0 Å². The molecule has 61 heavy (non-hydrogen) atoms. The van der Waals surface area contributed by atoms with Crippen molar-refractivity contribution < 1.29 is 9.90 Å². The van der Waals surface area contributed by atoms with Gasteiger partial charge in [-0.1, -0.05) is 42.5 Å². The smallest absolute Gasteiger partial charge is 0.346 e. The van der Waals surface area contributed by atoms with Gasteiger partial charge in [-0.2, -0.15) is 5.26 Å². The summed E-state index contributed by atoms with van der Waals surface area (Å²) in [5.74, 6) is -1.27. The van der Waals surface area contributed by atoms with Gasteiger partial charge in [0.25, 0.3) is 0 Å². The Labute approximate surface area is 360 Å². The average Bonchev–Trinajstić information content (AvgIpc) is 3.26. The van der Waals surface area contributed by atoms with Crippen molar-refractivity contribution in [3.05, 3.63) is 187 Å². The van der Waals surface area contributed by atoms with E-state index >= 15 is 0 Å². The number of rotatable bonds is 15. The van der Waals surface area contributed by atoms with Gasteiger partial charge < -0.3 is 34.5 Å². The Morgan fingerprint density at radius 1 is 0.410 bits per heavy atom.